The zero-order valence-corrected chi connectivity index (χ0v) is 12.5. The number of aromatic carboxylic acids is 1. The Hall–Kier alpha value is -2.29. The topological polar surface area (TPSA) is 113 Å². The second-order valence-corrected chi connectivity index (χ2v) is 6.05. The number of nitrogens with zero attached hydrogens (tertiary/aromatic N) is 1. The molecular formula is C12H16N2O6S. The van der Waals surface area contributed by atoms with Crippen LogP contribution in [0.4, 0.5) is 10.5 Å². The van der Waals surface area contributed by atoms with Crippen molar-refractivity contribution in [2.45, 2.75) is 20.0 Å². The van der Waals surface area contributed by atoms with Crippen LogP contribution in [0, 0.1) is 0 Å². The van der Waals surface area contributed by atoms with E-state index in [2.05, 4.69) is 4.74 Å². The van der Waals surface area contributed by atoms with E-state index in [1.807, 2.05) is 0 Å². The number of benzene rings is 1. The first-order valence-electron chi connectivity index (χ1n) is 5.94. The van der Waals surface area contributed by atoms with Crippen LogP contribution in [-0.4, -0.2) is 38.7 Å². The zero-order chi connectivity index (χ0) is 16.2. The molecule has 0 heterocycles. The predicted octanol–water partition coefficient (Wildman–Crippen LogP) is 1.20. The summed E-state index contributed by atoms with van der Waals surface area (Å²) < 4.78 is 31.1. The van der Waals surface area contributed by atoms with Gasteiger partial charge in [-0.2, -0.15) is 8.42 Å². The molecule has 9 heteroatoms. The molecule has 0 saturated carbocycles. The van der Waals surface area contributed by atoms with E-state index in [0.717, 1.165) is 7.05 Å². The van der Waals surface area contributed by atoms with Crippen molar-refractivity contribution in [3.8, 4) is 0 Å². The van der Waals surface area contributed by atoms with Gasteiger partial charge in [-0.15, -0.1) is 0 Å². The monoisotopic (exact) mass is 316 g/mol. The van der Waals surface area contributed by atoms with Gasteiger partial charge in [0.1, 0.15) is 0 Å². The van der Waals surface area contributed by atoms with Gasteiger partial charge in [0.25, 0.3) is 0 Å². The van der Waals surface area contributed by atoms with E-state index in [0.29, 0.717) is 4.31 Å². The number of rotatable bonds is 5. The summed E-state index contributed by atoms with van der Waals surface area (Å²) in [7, 11) is -3.14. The van der Waals surface area contributed by atoms with Crippen molar-refractivity contribution < 1.29 is 27.9 Å². The fraction of sp³-hybridized carbons (Fsp3) is 0.333. The van der Waals surface area contributed by atoms with E-state index in [9.17, 15) is 18.0 Å². The minimum atomic E-state index is -4.27. The average Bonchev–Trinajstić information content (AvgIpc) is 2.35. The van der Waals surface area contributed by atoms with Gasteiger partial charge in [-0.3, -0.25) is 4.31 Å². The predicted molar refractivity (Wildman–Crippen MR) is 75.5 cm³/mol. The first-order chi connectivity index (χ1) is 9.65. The maximum Gasteiger partial charge on any atom is 0.422 e. The summed E-state index contributed by atoms with van der Waals surface area (Å²) in [6.07, 6.45) is -1.62. The molecule has 1 aromatic carbocycles. The van der Waals surface area contributed by atoms with Gasteiger partial charge in [-0.25, -0.2) is 14.3 Å². The van der Waals surface area contributed by atoms with Gasteiger partial charge in [0.05, 0.1) is 17.4 Å². The summed E-state index contributed by atoms with van der Waals surface area (Å²) in [5.41, 5.74) is -0.280. The molecule has 116 valence electrons. The third kappa shape index (κ3) is 4.35. The van der Waals surface area contributed by atoms with Crippen LogP contribution in [0.2, 0.25) is 0 Å². The Bertz CT molecular complexity index is 641. The SMILES string of the molecule is CC(C)OC(=O)NS(=O)(=O)N(C)c1ccccc1C(=O)O. The third-order valence-corrected chi connectivity index (χ3v) is 3.73. The van der Waals surface area contributed by atoms with Gasteiger partial charge < -0.3 is 9.84 Å². The quantitative estimate of drug-likeness (QED) is 0.844. The van der Waals surface area contributed by atoms with E-state index in [1.54, 1.807) is 18.6 Å². The van der Waals surface area contributed by atoms with Gasteiger partial charge in [0.2, 0.25) is 0 Å². The standard InChI is InChI=1S/C12H16N2O6S/c1-8(2)20-12(17)13-21(18,19)14(3)10-7-5-4-6-9(10)11(15)16/h4-8H,1-3H3,(H,13,17)(H,15,16). The summed E-state index contributed by atoms with van der Waals surface area (Å²) in [5, 5.41) is 9.05. The average molecular weight is 316 g/mol. The molecule has 0 spiro atoms. The normalized spacial score (nSPS) is 11.0. The molecule has 0 bridgehead atoms. The maximum absolute atomic E-state index is 12.0. The van der Waals surface area contributed by atoms with E-state index in [1.165, 1.54) is 24.3 Å². The number of carboxylic acid groups (broad SMARTS) is 1. The molecule has 8 nitrogen and oxygen atoms in total. The van der Waals surface area contributed by atoms with Gasteiger partial charge >= 0.3 is 22.3 Å². The van der Waals surface area contributed by atoms with Crippen LogP contribution in [-0.2, 0) is 14.9 Å². The highest BCUT2D eigenvalue weighted by Crippen LogP contribution is 2.21. The minimum Gasteiger partial charge on any atom is -0.478 e. The van der Waals surface area contributed by atoms with E-state index >= 15 is 0 Å². The molecule has 0 atom stereocenters. The van der Waals surface area contributed by atoms with Gasteiger partial charge in [0, 0.05) is 7.05 Å². The summed E-state index contributed by atoms with van der Waals surface area (Å²) in [6.45, 7) is 3.13. The molecule has 0 aliphatic heterocycles. The Morgan fingerprint density at radius 1 is 1.29 bits per heavy atom. The molecule has 0 aliphatic rings. The lowest BCUT2D eigenvalue weighted by Gasteiger charge is -2.21. The van der Waals surface area contributed by atoms with Crippen molar-refractivity contribution in [3.63, 3.8) is 0 Å². The Kier molecular flexibility index (Phi) is 5.14. The Morgan fingerprint density at radius 2 is 1.86 bits per heavy atom. The van der Waals surface area contributed by atoms with Crippen LogP contribution < -0.4 is 9.03 Å². The summed E-state index contributed by atoms with van der Waals surface area (Å²) >= 11 is 0. The van der Waals surface area contributed by atoms with Gasteiger partial charge in [0.15, 0.2) is 0 Å². The number of carbonyl (C=O) groups excluding carboxylic acids is 1. The van der Waals surface area contributed by atoms with E-state index < -0.39 is 28.4 Å². The first-order valence-corrected chi connectivity index (χ1v) is 7.38. The van der Waals surface area contributed by atoms with Crippen LogP contribution in [0.5, 0.6) is 0 Å². The number of amides is 1. The van der Waals surface area contributed by atoms with E-state index in [-0.39, 0.29) is 11.3 Å². The van der Waals surface area contributed by atoms with Crippen molar-refractivity contribution >= 4 is 28.0 Å². The Morgan fingerprint density at radius 3 is 2.38 bits per heavy atom. The summed E-state index contributed by atoms with van der Waals surface area (Å²) in [4.78, 5) is 22.5. The highest BCUT2D eigenvalue weighted by atomic mass is 32.2. The lowest BCUT2D eigenvalue weighted by molar-refractivity contribution is 0.0697. The molecule has 0 radical (unpaired) electrons. The zero-order valence-electron chi connectivity index (χ0n) is 11.7. The molecule has 2 N–H and O–H groups in total. The van der Waals surface area contributed by atoms with Crippen molar-refractivity contribution in [1.82, 2.24) is 4.72 Å². The van der Waals surface area contributed by atoms with Crippen molar-refractivity contribution in [2.75, 3.05) is 11.4 Å². The number of ether oxygens (including phenoxy) is 1. The van der Waals surface area contributed by atoms with Crippen LogP contribution in [0.3, 0.4) is 0 Å². The van der Waals surface area contributed by atoms with E-state index in [4.69, 9.17) is 5.11 Å². The molecule has 0 aliphatic carbocycles. The summed E-state index contributed by atoms with van der Waals surface area (Å²) in [6, 6.07) is 5.53. The lowest BCUT2D eigenvalue weighted by atomic mass is 10.2. The number of hydrogen-bond donors (Lipinski definition) is 2. The fourth-order valence-electron chi connectivity index (χ4n) is 1.47. The fourth-order valence-corrected chi connectivity index (χ4v) is 2.28. The van der Waals surface area contributed by atoms with Crippen LogP contribution in [0.15, 0.2) is 24.3 Å². The summed E-state index contributed by atoms with van der Waals surface area (Å²) in [5.74, 6) is -1.28. The molecule has 21 heavy (non-hydrogen) atoms. The number of hydrogen-bond acceptors (Lipinski definition) is 5. The molecule has 0 unspecified atom stereocenters. The molecule has 1 amide bonds. The second-order valence-electron chi connectivity index (χ2n) is 4.35. The minimum absolute atomic E-state index is 0.0742. The van der Waals surface area contributed by atoms with Crippen LogP contribution in [0.25, 0.3) is 0 Å². The highest BCUT2D eigenvalue weighted by molar-refractivity contribution is 7.91. The van der Waals surface area contributed by atoms with Crippen molar-refractivity contribution in [3.05, 3.63) is 29.8 Å². The molecule has 0 fully saturated rings. The number of carbonyl (C=O) groups is 2. The highest BCUT2D eigenvalue weighted by Gasteiger charge is 2.25. The van der Waals surface area contributed by atoms with Crippen LogP contribution >= 0.6 is 0 Å². The van der Waals surface area contributed by atoms with Crippen molar-refractivity contribution in [1.29, 1.82) is 0 Å². The number of carboxylic acids is 1. The number of nitrogens with one attached hydrogen (secondary N) is 1. The lowest BCUT2D eigenvalue weighted by Crippen LogP contribution is -2.42. The smallest absolute Gasteiger partial charge is 0.422 e. The van der Waals surface area contributed by atoms with Crippen LogP contribution in [0.1, 0.15) is 24.2 Å². The largest absolute Gasteiger partial charge is 0.478 e. The first kappa shape index (κ1) is 16.8. The maximum atomic E-state index is 12.0. The van der Waals surface area contributed by atoms with Crippen molar-refractivity contribution in [2.24, 2.45) is 0 Å². The third-order valence-electron chi connectivity index (χ3n) is 2.39. The Labute approximate surface area is 122 Å². The Balaban J connectivity index is 3.04. The van der Waals surface area contributed by atoms with Gasteiger partial charge in [-0.05, 0) is 26.0 Å². The second kappa shape index (κ2) is 6.44. The molecule has 1 aromatic rings. The molecular weight excluding hydrogens is 300 g/mol. The number of anilines is 1. The molecule has 0 aromatic heterocycles. The van der Waals surface area contributed by atoms with Gasteiger partial charge in [-0.1, -0.05) is 12.1 Å². The molecule has 1 rings (SSSR count). The molecule has 0 saturated heterocycles. The number of para-hydroxylation sites is 1.